The van der Waals surface area contributed by atoms with Gasteiger partial charge in [0.05, 0.1) is 11.2 Å². The molecule has 1 aliphatic carbocycles. The van der Waals surface area contributed by atoms with Crippen LogP contribution in [0.1, 0.15) is 38.3 Å². The van der Waals surface area contributed by atoms with Gasteiger partial charge in [-0.1, -0.05) is 13.8 Å². The smallest absolute Gasteiger partial charge is 0.407 e. The van der Waals surface area contributed by atoms with E-state index >= 15 is 0 Å². The number of pyridine rings is 1. The van der Waals surface area contributed by atoms with E-state index in [1.807, 2.05) is 36.4 Å². The average molecular weight is 637 g/mol. The Morgan fingerprint density at radius 3 is 2.42 bits per heavy atom. The molecule has 0 bridgehead atoms. The summed E-state index contributed by atoms with van der Waals surface area (Å²) in [6.07, 6.45) is 0.402. The van der Waals surface area contributed by atoms with Crippen LogP contribution in [0.15, 0.2) is 32.6 Å². The Labute approximate surface area is 230 Å². The number of amides is 1. The summed E-state index contributed by atoms with van der Waals surface area (Å²) >= 11 is 2.00. The number of nitrogens with zero attached hydrogens (tertiary/aromatic N) is 4. The number of rotatable bonds is 6. The van der Waals surface area contributed by atoms with Crippen molar-refractivity contribution < 1.29 is 14.3 Å². The molecule has 1 aromatic carbocycles. The number of likely N-dealkylation sites (tertiary alicyclic amines) is 1. The predicted molar refractivity (Wildman–Crippen MR) is 150 cm³/mol. The molecule has 0 atom stereocenters. The van der Waals surface area contributed by atoms with Crippen LogP contribution in [0.3, 0.4) is 0 Å². The number of aromatic nitrogens is 3. The second kappa shape index (κ2) is 9.24. The molecule has 0 radical (unpaired) electrons. The Kier molecular flexibility index (Phi) is 6.43. The van der Waals surface area contributed by atoms with Crippen LogP contribution < -0.4 is 22.1 Å². The van der Waals surface area contributed by atoms with Gasteiger partial charge in [0.25, 0.3) is 11.1 Å². The molecule has 2 N–H and O–H groups in total. The summed E-state index contributed by atoms with van der Waals surface area (Å²) < 4.78 is 19.5. The first-order chi connectivity index (χ1) is 17.8. The van der Waals surface area contributed by atoms with Crippen LogP contribution in [-0.2, 0) is 13.6 Å². The van der Waals surface area contributed by atoms with Gasteiger partial charge in [-0.25, -0.2) is 14.0 Å². The fourth-order valence-corrected chi connectivity index (χ4v) is 5.68. The Hall–Kier alpha value is -3.16. The van der Waals surface area contributed by atoms with E-state index < -0.39 is 34.1 Å². The van der Waals surface area contributed by atoms with Gasteiger partial charge in [-0.3, -0.25) is 23.3 Å². The molecule has 1 saturated carbocycles. The lowest BCUT2D eigenvalue weighted by atomic mass is 9.74. The summed E-state index contributed by atoms with van der Waals surface area (Å²) in [5, 5.41) is 12.4. The van der Waals surface area contributed by atoms with Crippen LogP contribution >= 0.6 is 22.6 Å². The lowest BCUT2D eigenvalue weighted by Crippen LogP contribution is -2.56. The highest BCUT2D eigenvalue weighted by molar-refractivity contribution is 14.1. The predicted octanol–water partition coefficient (Wildman–Crippen LogP) is 3.63. The van der Waals surface area contributed by atoms with Gasteiger partial charge in [0.2, 0.25) is 0 Å². The Morgan fingerprint density at radius 2 is 1.84 bits per heavy atom. The van der Waals surface area contributed by atoms with Crippen molar-refractivity contribution >= 4 is 51.1 Å². The minimum Gasteiger partial charge on any atom is -0.465 e. The van der Waals surface area contributed by atoms with E-state index in [0.717, 1.165) is 0 Å². The van der Waals surface area contributed by atoms with Gasteiger partial charge < -0.3 is 15.3 Å². The number of fused-ring (bicyclic) bond motifs is 1. The molecule has 10 nitrogen and oxygen atoms in total. The standard InChI is InChI=1S/C26H29FIN5O5/c1-13-20-19(21(30(4)22(13)34)29-18-8-5-15(28)9-17(18)27)23(35)33(16-6-7-16)24(36)32(20)12-26(2,3)14-10-31(11-14)25(37)38/h5,8-9,14,16,29H,6-7,10-12H2,1-4H3,(H,37,38). The van der Waals surface area contributed by atoms with Gasteiger partial charge in [-0.15, -0.1) is 0 Å². The van der Waals surface area contributed by atoms with E-state index in [1.54, 1.807) is 13.0 Å². The number of halogens is 2. The monoisotopic (exact) mass is 637 g/mol. The highest BCUT2D eigenvalue weighted by Gasteiger charge is 2.42. The van der Waals surface area contributed by atoms with E-state index in [4.69, 9.17) is 0 Å². The molecule has 12 heteroatoms. The molecule has 202 valence electrons. The third-order valence-electron chi connectivity index (χ3n) is 7.85. The Balaban J connectivity index is 1.75. The average Bonchev–Trinajstić information content (AvgIpc) is 3.62. The number of hydrogen-bond acceptors (Lipinski definition) is 5. The molecule has 38 heavy (non-hydrogen) atoms. The minimum atomic E-state index is -0.986. The van der Waals surface area contributed by atoms with Gasteiger partial charge in [0, 0.05) is 47.8 Å². The number of carbonyl (C=O) groups is 1. The topological polar surface area (TPSA) is 119 Å². The molecule has 1 saturated heterocycles. The van der Waals surface area contributed by atoms with Gasteiger partial charge in [-0.05, 0) is 66.0 Å². The fourth-order valence-electron chi connectivity index (χ4n) is 5.23. The number of nitrogens with one attached hydrogen (secondary N) is 1. The number of anilines is 2. The van der Waals surface area contributed by atoms with E-state index in [9.17, 15) is 28.7 Å². The van der Waals surface area contributed by atoms with Crippen LogP contribution in [0.2, 0.25) is 0 Å². The van der Waals surface area contributed by atoms with Gasteiger partial charge in [-0.2, -0.15) is 0 Å². The zero-order valence-electron chi connectivity index (χ0n) is 21.5. The fraction of sp³-hybridized carbons (Fsp3) is 0.462. The molecule has 2 fully saturated rings. The molecule has 1 amide bonds. The van der Waals surface area contributed by atoms with Crippen LogP contribution in [0.25, 0.3) is 10.9 Å². The molecule has 3 aromatic rings. The highest BCUT2D eigenvalue weighted by Crippen LogP contribution is 2.38. The van der Waals surface area contributed by atoms with Gasteiger partial charge in [0.15, 0.2) is 0 Å². The molecule has 0 spiro atoms. The van der Waals surface area contributed by atoms with Gasteiger partial charge in [0.1, 0.15) is 17.0 Å². The Bertz CT molecular complexity index is 1660. The molecule has 3 heterocycles. The second-order valence-corrected chi connectivity index (χ2v) is 12.2. The summed E-state index contributed by atoms with van der Waals surface area (Å²) in [5.74, 6) is -0.433. The van der Waals surface area contributed by atoms with Crippen molar-refractivity contribution in [1.29, 1.82) is 0 Å². The minimum absolute atomic E-state index is 0.00723. The molecular formula is C26H29FIN5O5. The first-order valence-electron chi connectivity index (χ1n) is 12.4. The zero-order valence-corrected chi connectivity index (χ0v) is 23.7. The summed E-state index contributed by atoms with van der Waals surface area (Å²) in [5.41, 5.74) is -1.38. The van der Waals surface area contributed by atoms with Crippen LogP contribution in [0.4, 0.5) is 20.7 Å². The van der Waals surface area contributed by atoms with Crippen molar-refractivity contribution in [2.45, 2.75) is 46.2 Å². The van der Waals surface area contributed by atoms with Crippen molar-refractivity contribution in [2.24, 2.45) is 18.4 Å². The normalized spacial score (nSPS) is 16.1. The summed E-state index contributed by atoms with van der Waals surface area (Å²) in [6, 6.07) is 4.36. The number of carboxylic acid groups (broad SMARTS) is 1. The van der Waals surface area contributed by atoms with Crippen molar-refractivity contribution in [3.8, 4) is 0 Å². The maximum Gasteiger partial charge on any atom is 0.407 e. The number of hydrogen-bond donors (Lipinski definition) is 2. The third-order valence-corrected chi connectivity index (χ3v) is 8.52. The van der Waals surface area contributed by atoms with Crippen LogP contribution in [0.5, 0.6) is 0 Å². The summed E-state index contributed by atoms with van der Waals surface area (Å²) in [4.78, 5) is 53.6. The quantitative estimate of drug-likeness (QED) is 0.399. The van der Waals surface area contributed by atoms with Crippen molar-refractivity contribution in [2.75, 3.05) is 18.4 Å². The molecular weight excluding hydrogens is 608 g/mol. The lowest BCUT2D eigenvalue weighted by Gasteiger charge is -2.46. The largest absolute Gasteiger partial charge is 0.465 e. The van der Waals surface area contributed by atoms with Crippen LogP contribution in [0, 0.1) is 27.6 Å². The van der Waals surface area contributed by atoms with E-state index in [-0.39, 0.29) is 46.5 Å². The first-order valence-corrected chi connectivity index (χ1v) is 13.5. The molecule has 2 aliphatic rings. The zero-order chi connectivity index (χ0) is 27.7. The van der Waals surface area contributed by atoms with Crippen molar-refractivity contribution in [3.05, 3.63) is 64.3 Å². The van der Waals surface area contributed by atoms with Crippen molar-refractivity contribution in [3.63, 3.8) is 0 Å². The lowest BCUT2D eigenvalue weighted by molar-refractivity contribution is 0.0139. The second-order valence-electron chi connectivity index (χ2n) is 11.0. The van der Waals surface area contributed by atoms with Gasteiger partial charge >= 0.3 is 11.8 Å². The SMILES string of the molecule is Cc1c(=O)n(C)c(Nc2ccc(I)cc2F)c2c(=O)n(C3CC3)c(=O)n(CC(C)(C)C3CN(C(=O)O)C3)c12. The Morgan fingerprint density at radius 1 is 1.18 bits per heavy atom. The number of benzene rings is 1. The summed E-state index contributed by atoms with van der Waals surface area (Å²) in [6.45, 7) is 6.36. The number of aryl methyl sites for hydroxylation is 1. The van der Waals surface area contributed by atoms with E-state index in [1.165, 1.54) is 37.8 Å². The molecule has 1 aliphatic heterocycles. The van der Waals surface area contributed by atoms with E-state index in [0.29, 0.717) is 29.5 Å². The third kappa shape index (κ3) is 4.31. The summed E-state index contributed by atoms with van der Waals surface area (Å²) in [7, 11) is 1.51. The van der Waals surface area contributed by atoms with Crippen LogP contribution in [-0.4, -0.2) is 42.9 Å². The maximum absolute atomic E-state index is 14.8. The maximum atomic E-state index is 14.8. The molecule has 2 aromatic heterocycles. The first kappa shape index (κ1) is 26.4. The highest BCUT2D eigenvalue weighted by atomic mass is 127. The molecule has 0 unspecified atom stereocenters. The van der Waals surface area contributed by atoms with E-state index in [2.05, 4.69) is 5.32 Å². The molecule has 5 rings (SSSR count). The van der Waals surface area contributed by atoms with Crippen molar-refractivity contribution in [1.82, 2.24) is 18.6 Å².